The van der Waals surface area contributed by atoms with Crippen LogP contribution in [0.5, 0.6) is 0 Å². The lowest BCUT2D eigenvalue weighted by Gasteiger charge is -2.25. The van der Waals surface area contributed by atoms with E-state index in [0.717, 1.165) is 4.90 Å². The van der Waals surface area contributed by atoms with Gasteiger partial charge in [-0.15, -0.1) is 0 Å². The lowest BCUT2D eigenvalue weighted by atomic mass is 10.1. The molecule has 2 aromatic heterocycles. The van der Waals surface area contributed by atoms with Crippen molar-refractivity contribution >= 4 is 34.6 Å². The third kappa shape index (κ3) is 5.45. The standard InChI is InChI=1S/C35H30N4O7/c1-35(2)45-27-26(20-43-34(42)24-16-10-5-11-17-24)44-33(28(27)46-35)38-19-18-25-29(38)36-21-37-30(25)39(31(40)22-12-6-3-7-13-22)32(41)23-14-8-4-9-15-23/h3-19,21,26-28,33H,20H2,1-2H3/t26-,27-,28-,33-/m1/s1. The van der Waals surface area contributed by atoms with Crippen LogP contribution in [-0.2, 0) is 18.9 Å². The van der Waals surface area contributed by atoms with E-state index in [1.54, 1.807) is 102 Å². The van der Waals surface area contributed by atoms with Gasteiger partial charge in [0.05, 0.1) is 10.9 Å². The SMILES string of the molecule is CC1(C)O[C@@H]2[C@H](O1)[C@@H](COC(=O)c1ccccc1)O[C@H]2n1ccc2c(N(C(=O)c3ccccc3)C(=O)c3ccccc3)ncnc21. The Hall–Kier alpha value is -5.23. The van der Waals surface area contributed by atoms with E-state index >= 15 is 0 Å². The van der Waals surface area contributed by atoms with E-state index in [0.29, 0.717) is 27.7 Å². The minimum Gasteiger partial charge on any atom is -0.459 e. The van der Waals surface area contributed by atoms with Gasteiger partial charge in [0.25, 0.3) is 11.8 Å². The zero-order valence-corrected chi connectivity index (χ0v) is 25.1. The van der Waals surface area contributed by atoms with Crippen molar-refractivity contribution in [2.24, 2.45) is 0 Å². The first-order valence-electron chi connectivity index (χ1n) is 14.8. The van der Waals surface area contributed by atoms with Crippen LogP contribution >= 0.6 is 0 Å². The zero-order chi connectivity index (χ0) is 31.8. The number of ether oxygens (including phenoxy) is 4. The predicted octanol–water partition coefficient (Wildman–Crippen LogP) is 5.19. The van der Waals surface area contributed by atoms with Crippen molar-refractivity contribution in [1.82, 2.24) is 14.5 Å². The Labute approximate surface area is 264 Å². The monoisotopic (exact) mass is 618 g/mol. The summed E-state index contributed by atoms with van der Waals surface area (Å²) in [6.07, 6.45) is 0.569. The van der Waals surface area contributed by atoms with Crippen molar-refractivity contribution in [1.29, 1.82) is 0 Å². The molecule has 0 aliphatic carbocycles. The van der Waals surface area contributed by atoms with Crippen LogP contribution in [0.25, 0.3) is 11.0 Å². The topological polar surface area (TPSA) is 122 Å². The molecule has 0 N–H and O–H groups in total. The molecule has 0 radical (unpaired) electrons. The second-order valence-electron chi connectivity index (χ2n) is 11.4. The van der Waals surface area contributed by atoms with Crippen molar-refractivity contribution < 1.29 is 33.3 Å². The Kier molecular flexibility index (Phi) is 7.65. The summed E-state index contributed by atoms with van der Waals surface area (Å²) in [4.78, 5) is 50.5. The van der Waals surface area contributed by atoms with Crippen LogP contribution in [-0.4, -0.2) is 63.0 Å². The molecule has 232 valence electrons. The molecule has 2 aliphatic heterocycles. The van der Waals surface area contributed by atoms with Gasteiger partial charge < -0.3 is 23.5 Å². The van der Waals surface area contributed by atoms with E-state index < -0.39 is 48.1 Å². The molecule has 0 unspecified atom stereocenters. The van der Waals surface area contributed by atoms with Crippen LogP contribution in [0.1, 0.15) is 51.1 Å². The fraction of sp³-hybridized carbons (Fsp3) is 0.229. The van der Waals surface area contributed by atoms with E-state index in [-0.39, 0.29) is 12.4 Å². The van der Waals surface area contributed by atoms with E-state index in [1.807, 2.05) is 19.9 Å². The quantitative estimate of drug-likeness (QED) is 0.179. The molecular weight excluding hydrogens is 588 g/mol. The normalized spacial score (nSPS) is 21.5. The Morgan fingerprint density at radius 2 is 1.35 bits per heavy atom. The minimum absolute atomic E-state index is 0.0603. The van der Waals surface area contributed by atoms with Crippen LogP contribution < -0.4 is 4.90 Å². The van der Waals surface area contributed by atoms with Crippen molar-refractivity contribution in [3.8, 4) is 0 Å². The van der Waals surface area contributed by atoms with Gasteiger partial charge in [0.15, 0.2) is 17.8 Å². The first-order chi connectivity index (χ1) is 22.3. The molecule has 0 bridgehead atoms. The molecule has 2 aliphatic rings. The van der Waals surface area contributed by atoms with Gasteiger partial charge in [-0.3, -0.25) is 9.59 Å². The van der Waals surface area contributed by atoms with E-state index in [4.69, 9.17) is 18.9 Å². The molecule has 2 amide bonds. The number of carbonyl (C=O) groups excluding carboxylic acids is 3. The van der Waals surface area contributed by atoms with Gasteiger partial charge in [0, 0.05) is 17.3 Å². The molecule has 5 aromatic rings. The highest BCUT2D eigenvalue weighted by Gasteiger charge is 2.56. The zero-order valence-electron chi connectivity index (χ0n) is 25.1. The maximum Gasteiger partial charge on any atom is 0.338 e. The largest absolute Gasteiger partial charge is 0.459 e. The number of benzene rings is 3. The minimum atomic E-state index is -0.914. The highest BCUT2D eigenvalue weighted by Crippen LogP contribution is 2.44. The van der Waals surface area contributed by atoms with Gasteiger partial charge in [-0.05, 0) is 56.3 Å². The summed E-state index contributed by atoms with van der Waals surface area (Å²) >= 11 is 0. The number of imide groups is 1. The Morgan fingerprint density at radius 1 is 0.783 bits per heavy atom. The fourth-order valence-electron chi connectivity index (χ4n) is 5.88. The van der Waals surface area contributed by atoms with Crippen molar-refractivity contribution in [2.45, 2.75) is 44.2 Å². The molecule has 7 rings (SSSR count). The molecule has 11 nitrogen and oxygen atoms in total. The number of hydrogen-bond donors (Lipinski definition) is 0. The molecule has 4 atom stereocenters. The van der Waals surface area contributed by atoms with Crippen molar-refractivity contribution in [3.05, 3.63) is 126 Å². The molecule has 4 heterocycles. The third-order valence-electron chi connectivity index (χ3n) is 7.94. The van der Waals surface area contributed by atoms with Gasteiger partial charge >= 0.3 is 5.97 Å². The molecule has 2 fully saturated rings. The summed E-state index contributed by atoms with van der Waals surface area (Å²) in [5, 5.41) is 0.452. The van der Waals surface area contributed by atoms with Gasteiger partial charge in [0.1, 0.15) is 36.9 Å². The predicted molar refractivity (Wildman–Crippen MR) is 166 cm³/mol. The maximum atomic E-state index is 13.9. The maximum absolute atomic E-state index is 13.9. The van der Waals surface area contributed by atoms with Crippen LogP contribution in [0.3, 0.4) is 0 Å². The van der Waals surface area contributed by atoms with E-state index in [2.05, 4.69) is 9.97 Å². The molecular formula is C35H30N4O7. The number of rotatable bonds is 7. The number of carbonyl (C=O) groups is 3. The summed E-state index contributed by atoms with van der Waals surface area (Å²) in [5.74, 6) is -2.33. The average molecular weight is 619 g/mol. The lowest BCUT2D eigenvalue weighted by Crippen LogP contribution is -2.38. The highest BCUT2D eigenvalue weighted by molar-refractivity contribution is 6.27. The second kappa shape index (κ2) is 11.9. The van der Waals surface area contributed by atoms with Gasteiger partial charge in [-0.1, -0.05) is 54.6 Å². The Bertz CT molecular complexity index is 1840. The van der Waals surface area contributed by atoms with Crippen LogP contribution in [0, 0.1) is 0 Å². The summed E-state index contributed by atoms with van der Waals surface area (Å²) in [6.45, 7) is 3.56. The number of amides is 2. The third-order valence-corrected chi connectivity index (χ3v) is 7.94. The van der Waals surface area contributed by atoms with Crippen LogP contribution in [0.2, 0.25) is 0 Å². The Morgan fingerprint density at radius 3 is 1.96 bits per heavy atom. The average Bonchev–Trinajstić information content (AvgIpc) is 3.75. The smallest absolute Gasteiger partial charge is 0.338 e. The number of anilines is 1. The number of hydrogen-bond acceptors (Lipinski definition) is 9. The summed E-state index contributed by atoms with van der Waals surface area (Å²) in [5.41, 5.74) is 1.49. The first kappa shape index (κ1) is 29.5. The Balaban J connectivity index is 1.23. The highest BCUT2D eigenvalue weighted by atomic mass is 16.8. The second-order valence-corrected chi connectivity index (χ2v) is 11.4. The molecule has 3 aromatic carbocycles. The summed E-state index contributed by atoms with van der Waals surface area (Å²) in [7, 11) is 0. The fourth-order valence-corrected chi connectivity index (χ4v) is 5.88. The van der Waals surface area contributed by atoms with Crippen molar-refractivity contribution in [3.63, 3.8) is 0 Å². The first-order valence-corrected chi connectivity index (χ1v) is 14.8. The molecule has 2 saturated heterocycles. The number of nitrogens with zero attached hydrogens (tertiary/aromatic N) is 4. The van der Waals surface area contributed by atoms with Crippen LogP contribution in [0.4, 0.5) is 5.82 Å². The van der Waals surface area contributed by atoms with Gasteiger partial charge in [-0.25, -0.2) is 19.7 Å². The summed E-state index contributed by atoms with van der Waals surface area (Å²) < 4.78 is 26.3. The molecule has 0 saturated carbocycles. The number of esters is 1. The van der Waals surface area contributed by atoms with Crippen molar-refractivity contribution in [2.75, 3.05) is 11.5 Å². The van der Waals surface area contributed by atoms with Gasteiger partial charge in [0.2, 0.25) is 0 Å². The van der Waals surface area contributed by atoms with Crippen LogP contribution in [0.15, 0.2) is 110 Å². The van der Waals surface area contributed by atoms with E-state index in [9.17, 15) is 14.4 Å². The lowest BCUT2D eigenvalue weighted by molar-refractivity contribution is -0.199. The molecule has 11 heteroatoms. The van der Waals surface area contributed by atoms with Gasteiger partial charge in [-0.2, -0.15) is 0 Å². The summed E-state index contributed by atoms with van der Waals surface area (Å²) in [6, 6.07) is 27.6. The molecule has 46 heavy (non-hydrogen) atoms. The van der Waals surface area contributed by atoms with E-state index in [1.165, 1.54) is 6.33 Å². The number of aromatic nitrogens is 3. The molecule has 0 spiro atoms. The number of fused-ring (bicyclic) bond motifs is 2.